The van der Waals surface area contributed by atoms with Gasteiger partial charge < -0.3 is 0 Å². The molecule has 124 valence electrons. The molecular formula is C24H23N. The van der Waals surface area contributed by atoms with Crippen molar-refractivity contribution in [1.82, 2.24) is 4.98 Å². The van der Waals surface area contributed by atoms with Gasteiger partial charge >= 0.3 is 0 Å². The second-order valence-electron chi connectivity index (χ2n) is 7.84. The van der Waals surface area contributed by atoms with Crippen LogP contribution in [0.15, 0.2) is 66.7 Å². The minimum absolute atomic E-state index is 0.0806. The fraction of sp³-hybridized carbons (Fsp3) is 0.208. The number of hydrogen-bond donors (Lipinski definition) is 0. The summed E-state index contributed by atoms with van der Waals surface area (Å²) < 4.78 is 0. The van der Waals surface area contributed by atoms with Crippen LogP contribution in [0.2, 0.25) is 0 Å². The largest absolute Gasteiger partial charge is 0.248 e. The predicted octanol–water partition coefficient (Wildman–Crippen LogP) is 6.66. The lowest BCUT2D eigenvalue weighted by Crippen LogP contribution is -2.12. The summed E-state index contributed by atoms with van der Waals surface area (Å²) in [5.41, 5.74) is 6.06. The Hall–Kier alpha value is -2.67. The van der Waals surface area contributed by atoms with E-state index in [1.54, 1.807) is 0 Å². The van der Waals surface area contributed by atoms with Gasteiger partial charge in [0.25, 0.3) is 0 Å². The topological polar surface area (TPSA) is 12.9 Å². The smallest absolute Gasteiger partial charge is 0.0710 e. The molecule has 0 atom stereocenters. The summed E-state index contributed by atoms with van der Waals surface area (Å²) in [6, 6.07) is 23.7. The minimum atomic E-state index is 0.0806. The Bertz CT molecular complexity index is 1080. The third kappa shape index (κ3) is 2.80. The quantitative estimate of drug-likeness (QED) is 0.381. The predicted molar refractivity (Wildman–Crippen MR) is 108 cm³/mol. The molecule has 0 N–H and O–H groups in total. The Kier molecular flexibility index (Phi) is 3.61. The van der Waals surface area contributed by atoms with Crippen LogP contribution in [-0.4, -0.2) is 4.98 Å². The van der Waals surface area contributed by atoms with Crippen LogP contribution in [0, 0.1) is 6.92 Å². The molecule has 1 heterocycles. The van der Waals surface area contributed by atoms with E-state index < -0.39 is 0 Å². The number of nitrogens with zero attached hydrogens (tertiary/aromatic N) is 1. The molecule has 25 heavy (non-hydrogen) atoms. The highest BCUT2D eigenvalue weighted by molar-refractivity contribution is 5.93. The van der Waals surface area contributed by atoms with Crippen molar-refractivity contribution < 1.29 is 0 Å². The fourth-order valence-corrected chi connectivity index (χ4v) is 3.58. The van der Waals surface area contributed by atoms with Gasteiger partial charge in [-0.1, -0.05) is 63.2 Å². The fourth-order valence-electron chi connectivity index (χ4n) is 3.58. The number of aromatic nitrogens is 1. The number of aryl methyl sites for hydroxylation is 1. The maximum Gasteiger partial charge on any atom is 0.0710 e. The molecule has 0 bridgehead atoms. The van der Waals surface area contributed by atoms with Crippen LogP contribution in [0.5, 0.6) is 0 Å². The summed E-state index contributed by atoms with van der Waals surface area (Å²) in [6.45, 7) is 9.05. The monoisotopic (exact) mass is 325 g/mol. The highest BCUT2D eigenvalue weighted by Crippen LogP contribution is 2.36. The lowest BCUT2D eigenvalue weighted by Gasteiger charge is -2.24. The summed E-state index contributed by atoms with van der Waals surface area (Å²) in [6.07, 6.45) is 0. The lowest BCUT2D eigenvalue weighted by atomic mass is 9.81. The van der Waals surface area contributed by atoms with Crippen LogP contribution < -0.4 is 0 Å². The zero-order chi connectivity index (χ0) is 17.6. The summed E-state index contributed by atoms with van der Waals surface area (Å²) >= 11 is 0. The van der Waals surface area contributed by atoms with Gasteiger partial charge in [-0.15, -0.1) is 0 Å². The van der Waals surface area contributed by atoms with Gasteiger partial charge in [0, 0.05) is 10.9 Å². The number of pyridine rings is 1. The Morgan fingerprint density at radius 3 is 2.32 bits per heavy atom. The van der Waals surface area contributed by atoms with Gasteiger partial charge in [-0.3, -0.25) is 0 Å². The van der Waals surface area contributed by atoms with Crippen molar-refractivity contribution in [2.45, 2.75) is 33.1 Å². The number of rotatable bonds is 1. The second-order valence-corrected chi connectivity index (χ2v) is 7.84. The van der Waals surface area contributed by atoms with E-state index in [1.165, 1.54) is 32.8 Å². The van der Waals surface area contributed by atoms with Crippen molar-refractivity contribution in [1.29, 1.82) is 0 Å². The molecule has 0 fully saturated rings. The minimum Gasteiger partial charge on any atom is -0.248 e. The van der Waals surface area contributed by atoms with Crippen molar-refractivity contribution in [3.8, 4) is 11.3 Å². The second kappa shape index (κ2) is 5.70. The van der Waals surface area contributed by atoms with Crippen LogP contribution in [0.1, 0.15) is 31.9 Å². The standard InChI is InChI=1S/C24H23N/c1-16-8-7-10-18-14-19(15-20(23(16)18)24(2,3)4)22-13-12-17-9-5-6-11-21(17)25-22/h5-15H,1-4H3. The number of hydrogen-bond acceptors (Lipinski definition) is 1. The third-order valence-electron chi connectivity index (χ3n) is 4.89. The van der Waals surface area contributed by atoms with E-state index in [-0.39, 0.29) is 5.41 Å². The number of benzene rings is 3. The molecule has 0 aliphatic carbocycles. The van der Waals surface area contributed by atoms with E-state index in [2.05, 4.69) is 88.4 Å². The van der Waals surface area contributed by atoms with Gasteiger partial charge in [0.05, 0.1) is 11.2 Å². The first-order chi connectivity index (χ1) is 11.9. The van der Waals surface area contributed by atoms with Crippen LogP contribution in [-0.2, 0) is 5.41 Å². The van der Waals surface area contributed by atoms with E-state index in [0.29, 0.717) is 0 Å². The molecule has 4 rings (SSSR count). The van der Waals surface area contributed by atoms with Gasteiger partial charge in [0.2, 0.25) is 0 Å². The average Bonchev–Trinajstić information content (AvgIpc) is 2.60. The summed E-state index contributed by atoms with van der Waals surface area (Å²) in [5.74, 6) is 0. The van der Waals surface area contributed by atoms with E-state index in [0.717, 1.165) is 11.2 Å². The SMILES string of the molecule is Cc1cccc2cc(-c3ccc4ccccc4n3)cc(C(C)(C)C)c12. The lowest BCUT2D eigenvalue weighted by molar-refractivity contribution is 0.596. The Labute approximate surface area is 149 Å². The maximum atomic E-state index is 4.90. The Morgan fingerprint density at radius 1 is 0.760 bits per heavy atom. The van der Waals surface area contributed by atoms with Crippen molar-refractivity contribution in [3.05, 3.63) is 77.9 Å². The summed E-state index contributed by atoms with van der Waals surface area (Å²) in [4.78, 5) is 4.90. The molecule has 1 heteroatoms. The van der Waals surface area contributed by atoms with Crippen LogP contribution in [0.25, 0.3) is 32.9 Å². The molecule has 0 saturated carbocycles. The van der Waals surface area contributed by atoms with Crippen LogP contribution in [0.3, 0.4) is 0 Å². The normalized spacial score (nSPS) is 12.0. The average molecular weight is 325 g/mol. The zero-order valence-corrected chi connectivity index (χ0v) is 15.3. The molecule has 1 nitrogen and oxygen atoms in total. The van der Waals surface area contributed by atoms with Gasteiger partial charge in [-0.25, -0.2) is 4.98 Å². The highest BCUT2D eigenvalue weighted by atomic mass is 14.7. The number of para-hydroxylation sites is 1. The molecule has 1 aromatic heterocycles. The molecular weight excluding hydrogens is 302 g/mol. The van der Waals surface area contributed by atoms with E-state index >= 15 is 0 Å². The molecule has 0 radical (unpaired) electrons. The molecule has 0 unspecified atom stereocenters. The Morgan fingerprint density at radius 2 is 1.52 bits per heavy atom. The van der Waals surface area contributed by atoms with Gasteiger partial charge in [0.15, 0.2) is 0 Å². The third-order valence-corrected chi connectivity index (χ3v) is 4.89. The molecule has 4 aromatic rings. The van der Waals surface area contributed by atoms with Gasteiger partial charge in [-0.2, -0.15) is 0 Å². The molecule has 0 aliphatic rings. The van der Waals surface area contributed by atoms with E-state index in [1.807, 2.05) is 6.07 Å². The molecule has 0 saturated heterocycles. The summed E-state index contributed by atoms with van der Waals surface area (Å²) in [5, 5.41) is 3.84. The molecule has 0 aliphatic heterocycles. The first kappa shape index (κ1) is 15.8. The van der Waals surface area contributed by atoms with Crippen molar-refractivity contribution in [3.63, 3.8) is 0 Å². The first-order valence-corrected chi connectivity index (χ1v) is 8.83. The number of fused-ring (bicyclic) bond motifs is 2. The first-order valence-electron chi connectivity index (χ1n) is 8.83. The Balaban J connectivity index is 2.01. The molecule has 3 aromatic carbocycles. The van der Waals surface area contributed by atoms with Crippen molar-refractivity contribution in [2.24, 2.45) is 0 Å². The van der Waals surface area contributed by atoms with E-state index in [9.17, 15) is 0 Å². The maximum absolute atomic E-state index is 4.90. The highest BCUT2D eigenvalue weighted by Gasteiger charge is 2.19. The van der Waals surface area contributed by atoms with Gasteiger partial charge in [0.1, 0.15) is 0 Å². The van der Waals surface area contributed by atoms with Crippen molar-refractivity contribution >= 4 is 21.7 Å². The van der Waals surface area contributed by atoms with E-state index in [4.69, 9.17) is 4.98 Å². The van der Waals surface area contributed by atoms with Crippen LogP contribution >= 0.6 is 0 Å². The summed E-state index contributed by atoms with van der Waals surface area (Å²) in [7, 11) is 0. The molecule has 0 spiro atoms. The van der Waals surface area contributed by atoms with Crippen LogP contribution in [0.4, 0.5) is 0 Å². The van der Waals surface area contributed by atoms with Crippen molar-refractivity contribution in [2.75, 3.05) is 0 Å². The zero-order valence-electron chi connectivity index (χ0n) is 15.3. The molecule has 0 amide bonds. The van der Waals surface area contributed by atoms with Gasteiger partial charge in [-0.05, 0) is 58.5 Å².